The van der Waals surface area contributed by atoms with Gasteiger partial charge in [0.1, 0.15) is 17.6 Å². The number of ether oxygens (including phenoxy) is 1. The molecule has 2 N–H and O–H groups in total. The molecule has 0 saturated carbocycles. The highest BCUT2D eigenvalue weighted by Gasteiger charge is 2.17. The van der Waals surface area contributed by atoms with Crippen molar-refractivity contribution < 1.29 is 9.13 Å². The van der Waals surface area contributed by atoms with Crippen molar-refractivity contribution in [2.45, 2.75) is 26.3 Å². The van der Waals surface area contributed by atoms with E-state index in [9.17, 15) is 9.65 Å². The third kappa shape index (κ3) is 5.56. The fourth-order valence-electron chi connectivity index (χ4n) is 3.77. The van der Waals surface area contributed by atoms with Gasteiger partial charge in [0, 0.05) is 36.8 Å². The number of nitrogens with zero attached hydrogens (tertiary/aromatic N) is 7. The van der Waals surface area contributed by atoms with Crippen LogP contribution in [-0.2, 0) is 0 Å². The van der Waals surface area contributed by atoms with Crippen molar-refractivity contribution >= 4 is 23.4 Å². The maximum absolute atomic E-state index is 13.1. The van der Waals surface area contributed by atoms with Crippen LogP contribution in [0.15, 0.2) is 72.1 Å². The molecule has 4 aromatic rings. The van der Waals surface area contributed by atoms with Crippen molar-refractivity contribution in [2.24, 2.45) is 10.7 Å². The molecule has 0 aliphatic rings. The molecule has 0 bridgehead atoms. The first-order valence-electron chi connectivity index (χ1n) is 11.8. The van der Waals surface area contributed by atoms with E-state index in [1.807, 2.05) is 50.1 Å². The van der Waals surface area contributed by atoms with E-state index in [0.29, 0.717) is 29.3 Å². The van der Waals surface area contributed by atoms with Crippen molar-refractivity contribution in [2.75, 3.05) is 18.6 Å². The Morgan fingerprint density at radius 3 is 2.76 bits per heavy atom. The minimum absolute atomic E-state index is 0.0398. The lowest BCUT2D eigenvalue weighted by molar-refractivity contribution is 0.315. The summed E-state index contributed by atoms with van der Waals surface area (Å²) in [7, 11) is 1.95. The maximum atomic E-state index is 13.1. The van der Waals surface area contributed by atoms with E-state index in [0.717, 1.165) is 41.3 Å². The zero-order chi connectivity index (χ0) is 26.4. The Morgan fingerprint density at radius 2 is 2.11 bits per heavy atom. The van der Waals surface area contributed by atoms with E-state index >= 15 is 0 Å². The van der Waals surface area contributed by atoms with Crippen molar-refractivity contribution in [3.63, 3.8) is 0 Å². The zero-order valence-corrected chi connectivity index (χ0v) is 20.8. The summed E-state index contributed by atoms with van der Waals surface area (Å²) in [5.41, 5.74) is 8.90. The number of nitrogens with two attached hydrogens (primary N) is 1. The highest BCUT2D eigenvalue weighted by molar-refractivity contribution is 5.85. The van der Waals surface area contributed by atoms with Gasteiger partial charge in [-0.1, -0.05) is 13.0 Å². The number of aliphatic imine (C=N–C) groups is 1. The molecule has 188 valence electrons. The monoisotopic (exact) mass is 498 g/mol. The van der Waals surface area contributed by atoms with Gasteiger partial charge >= 0.3 is 0 Å². The van der Waals surface area contributed by atoms with Gasteiger partial charge in [-0.05, 0) is 43.2 Å². The zero-order valence-electron chi connectivity index (χ0n) is 20.8. The number of fused-ring (bicyclic) bond motifs is 1. The Morgan fingerprint density at radius 1 is 1.27 bits per heavy atom. The molecule has 1 atom stereocenters. The van der Waals surface area contributed by atoms with Crippen LogP contribution in [0.1, 0.15) is 37.4 Å². The smallest absolute Gasteiger partial charge is 0.156 e. The Bertz CT molecular complexity index is 1470. The molecule has 0 aliphatic carbocycles. The molecule has 0 spiro atoms. The minimum atomic E-state index is -0.633. The second-order valence-corrected chi connectivity index (χ2v) is 8.35. The van der Waals surface area contributed by atoms with E-state index in [4.69, 9.17) is 10.5 Å². The molecule has 10 heteroatoms. The van der Waals surface area contributed by atoms with Gasteiger partial charge in [-0.15, -0.1) is 0 Å². The van der Waals surface area contributed by atoms with Crippen LogP contribution in [0.4, 0.5) is 16.0 Å². The van der Waals surface area contributed by atoms with Crippen LogP contribution < -0.4 is 15.4 Å². The number of hydrogen-bond acceptors (Lipinski definition) is 8. The fourth-order valence-corrected chi connectivity index (χ4v) is 3.77. The third-order valence-electron chi connectivity index (χ3n) is 5.91. The van der Waals surface area contributed by atoms with Crippen LogP contribution in [0.25, 0.3) is 16.6 Å². The molecule has 4 aromatic heterocycles. The number of anilines is 1. The van der Waals surface area contributed by atoms with Crippen molar-refractivity contribution in [3.8, 4) is 22.9 Å². The maximum Gasteiger partial charge on any atom is 0.156 e. The number of hydrogen-bond donors (Lipinski definition) is 1. The van der Waals surface area contributed by atoms with Crippen LogP contribution in [0.3, 0.4) is 0 Å². The molecule has 0 aromatic carbocycles. The van der Waals surface area contributed by atoms with E-state index in [-0.39, 0.29) is 6.04 Å². The summed E-state index contributed by atoms with van der Waals surface area (Å²) in [6.45, 7) is 4.67. The van der Waals surface area contributed by atoms with Crippen LogP contribution in [0, 0.1) is 11.3 Å². The summed E-state index contributed by atoms with van der Waals surface area (Å²) in [4.78, 5) is 14.9. The second-order valence-electron chi connectivity index (χ2n) is 8.35. The van der Waals surface area contributed by atoms with Crippen LogP contribution in [-0.4, -0.2) is 39.5 Å². The van der Waals surface area contributed by atoms with Crippen LogP contribution in [0.5, 0.6) is 5.75 Å². The molecule has 4 heterocycles. The molecule has 4 rings (SSSR count). The molecular weight excluding hydrogens is 471 g/mol. The van der Waals surface area contributed by atoms with Crippen LogP contribution in [0.2, 0.25) is 0 Å². The summed E-state index contributed by atoms with van der Waals surface area (Å²) in [6, 6.07) is 11.6. The van der Waals surface area contributed by atoms with Gasteiger partial charge in [0.15, 0.2) is 11.6 Å². The lowest BCUT2D eigenvalue weighted by Gasteiger charge is -2.26. The Hall–Kier alpha value is -4.78. The number of pyridine rings is 3. The number of nitriles is 1. The van der Waals surface area contributed by atoms with Gasteiger partial charge in [-0.25, -0.2) is 23.9 Å². The summed E-state index contributed by atoms with van der Waals surface area (Å²) < 4.78 is 20.7. The molecule has 0 saturated heterocycles. The molecule has 0 fully saturated rings. The molecule has 1 unspecified atom stereocenters. The normalized spacial score (nSPS) is 12.6. The quantitative estimate of drug-likeness (QED) is 0.318. The fraction of sp³-hybridized carbons (Fsp3) is 0.222. The van der Waals surface area contributed by atoms with E-state index in [1.165, 1.54) is 0 Å². The Labute approximate surface area is 214 Å². The number of halogens is 1. The molecular formula is C27H27FN8O. The first-order valence-corrected chi connectivity index (χ1v) is 11.8. The first kappa shape index (κ1) is 25.3. The first-order chi connectivity index (χ1) is 17.9. The van der Waals surface area contributed by atoms with Gasteiger partial charge in [0.2, 0.25) is 0 Å². The molecule has 9 nitrogen and oxygen atoms in total. The predicted octanol–water partition coefficient (Wildman–Crippen LogP) is 5.12. The van der Waals surface area contributed by atoms with E-state index in [2.05, 4.69) is 26.1 Å². The highest BCUT2D eigenvalue weighted by Crippen LogP contribution is 2.32. The number of rotatable bonds is 9. The SMILES string of the molecule is CCCOc1cc(-c2ccc(N(C)C(C)c3ccc(N=CC(F)=CN)nc3)nc2)c2c(C#N)cnn2c1. The third-order valence-corrected chi connectivity index (χ3v) is 5.91. The average Bonchev–Trinajstić information content (AvgIpc) is 3.37. The van der Waals surface area contributed by atoms with E-state index in [1.54, 1.807) is 35.4 Å². The summed E-state index contributed by atoms with van der Waals surface area (Å²) in [5.74, 6) is 1.18. The lowest BCUT2D eigenvalue weighted by Crippen LogP contribution is -2.22. The average molecular weight is 499 g/mol. The summed E-state index contributed by atoms with van der Waals surface area (Å²) in [6.07, 6.45) is 9.55. The molecule has 0 amide bonds. The lowest BCUT2D eigenvalue weighted by atomic mass is 10.0. The van der Waals surface area contributed by atoms with Gasteiger partial charge in [-0.3, -0.25) is 0 Å². The number of aromatic nitrogens is 4. The molecule has 0 radical (unpaired) electrons. The Balaban J connectivity index is 1.58. The van der Waals surface area contributed by atoms with Crippen molar-refractivity contribution in [1.29, 1.82) is 5.26 Å². The minimum Gasteiger partial charge on any atom is -0.492 e. The molecule has 37 heavy (non-hydrogen) atoms. The highest BCUT2D eigenvalue weighted by atomic mass is 19.1. The van der Waals surface area contributed by atoms with Gasteiger partial charge in [0.25, 0.3) is 0 Å². The molecule has 0 aliphatic heterocycles. The van der Waals surface area contributed by atoms with Crippen molar-refractivity contribution in [1.82, 2.24) is 19.6 Å². The largest absolute Gasteiger partial charge is 0.492 e. The standard InChI is InChI=1S/C27H27FN8O/c1-4-9-37-23-10-24(27-21(11-29)15-34-36(27)17-23)20-6-8-26(33-14-20)35(3)18(2)19-5-7-25(31-13-19)32-16-22(28)12-30/h5-8,10,12-18H,4,9,30H2,1-3H3. The second kappa shape index (κ2) is 11.3. The summed E-state index contributed by atoms with van der Waals surface area (Å²) >= 11 is 0. The van der Waals surface area contributed by atoms with E-state index < -0.39 is 5.83 Å². The summed E-state index contributed by atoms with van der Waals surface area (Å²) in [5, 5.41) is 13.9. The number of allylic oxidation sites excluding steroid dienone is 1. The van der Waals surface area contributed by atoms with Crippen LogP contribution >= 0.6 is 0 Å². The van der Waals surface area contributed by atoms with Crippen molar-refractivity contribution in [3.05, 3.63) is 78.3 Å². The van der Waals surface area contributed by atoms with Gasteiger partial charge in [-0.2, -0.15) is 10.4 Å². The predicted molar refractivity (Wildman–Crippen MR) is 142 cm³/mol. The van der Waals surface area contributed by atoms with Gasteiger partial charge in [0.05, 0.1) is 42.3 Å². The Kier molecular flexibility index (Phi) is 7.74. The van der Waals surface area contributed by atoms with Gasteiger partial charge < -0.3 is 15.4 Å². The topological polar surface area (TPSA) is 118 Å².